The standard InChI is InChI=1S/C10H19NO3/c1-8(12)5-11(2)6-9-7-14-4-3-10(9)13/h8-9,12H,3-7H2,1-2H3. The van der Waals surface area contributed by atoms with Crippen molar-refractivity contribution in [1.82, 2.24) is 4.90 Å². The van der Waals surface area contributed by atoms with Gasteiger partial charge in [0.05, 0.1) is 25.2 Å². The Labute approximate surface area is 84.8 Å². The highest BCUT2D eigenvalue weighted by Gasteiger charge is 2.24. The monoisotopic (exact) mass is 201 g/mol. The molecule has 0 aromatic carbocycles. The van der Waals surface area contributed by atoms with E-state index >= 15 is 0 Å². The fourth-order valence-electron chi connectivity index (χ4n) is 1.75. The van der Waals surface area contributed by atoms with Gasteiger partial charge in [-0.15, -0.1) is 0 Å². The smallest absolute Gasteiger partial charge is 0.141 e. The van der Waals surface area contributed by atoms with Crippen LogP contribution in [0.3, 0.4) is 0 Å². The second kappa shape index (κ2) is 5.44. The number of rotatable bonds is 4. The van der Waals surface area contributed by atoms with E-state index in [9.17, 15) is 4.79 Å². The predicted octanol–water partition coefficient (Wildman–Crippen LogP) is -0.0954. The van der Waals surface area contributed by atoms with Crippen molar-refractivity contribution >= 4 is 5.78 Å². The van der Waals surface area contributed by atoms with Gasteiger partial charge in [-0.2, -0.15) is 0 Å². The van der Waals surface area contributed by atoms with Crippen LogP contribution in [-0.4, -0.2) is 55.2 Å². The number of carbonyl (C=O) groups is 1. The second-order valence-electron chi connectivity index (χ2n) is 4.06. The third-order valence-corrected chi connectivity index (χ3v) is 2.38. The topological polar surface area (TPSA) is 49.8 Å². The molecule has 4 nitrogen and oxygen atoms in total. The molecule has 1 N–H and O–H groups in total. The molecule has 0 amide bonds. The molecular formula is C10H19NO3. The van der Waals surface area contributed by atoms with Gasteiger partial charge < -0.3 is 14.7 Å². The van der Waals surface area contributed by atoms with Crippen LogP contribution >= 0.6 is 0 Å². The minimum Gasteiger partial charge on any atom is -0.392 e. The number of Topliss-reactive ketones (excluding diaryl/α,β-unsaturated/α-hetero) is 1. The van der Waals surface area contributed by atoms with Crippen LogP contribution in [0.4, 0.5) is 0 Å². The quantitative estimate of drug-likeness (QED) is 0.690. The summed E-state index contributed by atoms with van der Waals surface area (Å²) in [6.07, 6.45) is 0.187. The van der Waals surface area contributed by atoms with E-state index in [0.717, 1.165) is 0 Å². The molecule has 1 saturated heterocycles. The lowest BCUT2D eigenvalue weighted by atomic mass is 10.00. The molecule has 1 rings (SSSR count). The normalized spacial score (nSPS) is 25.4. The summed E-state index contributed by atoms with van der Waals surface area (Å²) >= 11 is 0. The Morgan fingerprint density at radius 1 is 1.71 bits per heavy atom. The van der Waals surface area contributed by atoms with Gasteiger partial charge in [-0.1, -0.05) is 0 Å². The van der Waals surface area contributed by atoms with Crippen LogP contribution < -0.4 is 0 Å². The van der Waals surface area contributed by atoms with Gasteiger partial charge in [0.25, 0.3) is 0 Å². The van der Waals surface area contributed by atoms with Crippen molar-refractivity contribution in [3.63, 3.8) is 0 Å². The summed E-state index contributed by atoms with van der Waals surface area (Å²) < 4.78 is 5.25. The van der Waals surface area contributed by atoms with Crippen molar-refractivity contribution in [2.24, 2.45) is 5.92 Å². The number of ketones is 1. The first-order valence-corrected chi connectivity index (χ1v) is 5.06. The van der Waals surface area contributed by atoms with Crippen molar-refractivity contribution in [2.45, 2.75) is 19.4 Å². The van der Waals surface area contributed by atoms with Gasteiger partial charge in [-0.3, -0.25) is 4.79 Å². The molecule has 0 aromatic rings. The molecule has 1 aliphatic heterocycles. The first-order valence-electron chi connectivity index (χ1n) is 5.06. The molecule has 0 bridgehead atoms. The fourth-order valence-corrected chi connectivity index (χ4v) is 1.75. The lowest BCUT2D eigenvalue weighted by molar-refractivity contribution is -0.131. The van der Waals surface area contributed by atoms with Crippen molar-refractivity contribution in [2.75, 3.05) is 33.4 Å². The minimum atomic E-state index is -0.348. The lowest BCUT2D eigenvalue weighted by Gasteiger charge is -2.26. The third-order valence-electron chi connectivity index (χ3n) is 2.38. The molecule has 0 spiro atoms. The number of ether oxygens (including phenoxy) is 1. The number of aliphatic hydroxyl groups excluding tert-OH is 1. The molecule has 2 unspecified atom stereocenters. The zero-order valence-electron chi connectivity index (χ0n) is 8.90. The van der Waals surface area contributed by atoms with Crippen LogP contribution in [-0.2, 0) is 9.53 Å². The van der Waals surface area contributed by atoms with E-state index in [1.165, 1.54) is 0 Å². The van der Waals surface area contributed by atoms with Gasteiger partial charge in [0, 0.05) is 19.5 Å². The van der Waals surface area contributed by atoms with Crippen molar-refractivity contribution in [3.8, 4) is 0 Å². The summed E-state index contributed by atoms with van der Waals surface area (Å²) in [5, 5.41) is 9.16. The number of carbonyl (C=O) groups excluding carboxylic acids is 1. The minimum absolute atomic E-state index is 0.00694. The summed E-state index contributed by atoms with van der Waals surface area (Å²) in [5.74, 6) is 0.279. The Kier molecular flexibility index (Phi) is 4.51. The Morgan fingerprint density at radius 3 is 3.00 bits per heavy atom. The van der Waals surface area contributed by atoms with E-state index in [0.29, 0.717) is 32.7 Å². The highest BCUT2D eigenvalue weighted by Crippen LogP contribution is 2.10. The van der Waals surface area contributed by atoms with E-state index in [2.05, 4.69) is 0 Å². The van der Waals surface area contributed by atoms with Gasteiger partial charge in [0.1, 0.15) is 5.78 Å². The molecule has 0 aromatic heterocycles. The predicted molar refractivity (Wildman–Crippen MR) is 53.1 cm³/mol. The van der Waals surface area contributed by atoms with E-state index in [1.807, 2.05) is 11.9 Å². The van der Waals surface area contributed by atoms with E-state index in [4.69, 9.17) is 9.84 Å². The maximum Gasteiger partial charge on any atom is 0.141 e. The Hall–Kier alpha value is -0.450. The maximum absolute atomic E-state index is 11.4. The van der Waals surface area contributed by atoms with Crippen molar-refractivity contribution in [1.29, 1.82) is 0 Å². The summed E-state index contributed by atoms with van der Waals surface area (Å²) in [6, 6.07) is 0. The zero-order valence-corrected chi connectivity index (χ0v) is 8.90. The molecule has 4 heteroatoms. The molecule has 2 atom stereocenters. The fraction of sp³-hybridized carbons (Fsp3) is 0.900. The maximum atomic E-state index is 11.4. The van der Waals surface area contributed by atoms with Gasteiger partial charge >= 0.3 is 0 Å². The zero-order chi connectivity index (χ0) is 10.6. The number of hydrogen-bond donors (Lipinski definition) is 1. The molecule has 1 aliphatic rings. The van der Waals surface area contributed by atoms with Gasteiger partial charge in [-0.05, 0) is 14.0 Å². The lowest BCUT2D eigenvalue weighted by Crippen LogP contribution is -2.39. The van der Waals surface area contributed by atoms with E-state index < -0.39 is 0 Å². The van der Waals surface area contributed by atoms with E-state index in [1.54, 1.807) is 6.92 Å². The summed E-state index contributed by atoms with van der Waals surface area (Å²) in [5.41, 5.74) is 0. The van der Waals surface area contributed by atoms with Crippen LogP contribution in [0.1, 0.15) is 13.3 Å². The molecule has 1 fully saturated rings. The molecular weight excluding hydrogens is 182 g/mol. The second-order valence-corrected chi connectivity index (χ2v) is 4.06. The van der Waals surface area contributed by atoms with Crippen LogP contribution in [0, 0.1) is 5.92 Å². The Morgan fingerprint density at radius 2 is 2.43 bits per heavy atom. The first-order chi connectivity index (χ1) is 6.59. The number of aliphatic hydroxyl groups is 1. The third kappa shape index (κ3) is 3.74. The van der Waals surface area contributed by atoms with Gasteiger partial charge in [0.2, 0.25) is 0 Å². The molecule has 0 radical (unpaired) electrons. The number of nitrogens with zero attached hydrogens (tertiary/aromatic N) is 1. The van der Waals surface area contributed by atoms with Gasteiger partial charge in [0.15, 0.2) is 0 Å². The highest BCUT2D eigenvalue weighted by molar-refractivity contribution is 5.82. The van der Waals surface area contributed by atoms with Crippen molar-refractivity contribution < 1.29 is 14.6 Å². The first kappa shape index (κ1) is 11.6. The number of likely N-dealkylation sites (N-methyl/N-ethyl adjacent to an activating group) is 1. The SMILES string of the molecule is CC(O)CN(C)CC1COCCC1=O. The summed E-state index contributed by atoms with van der Waals surface area (Å²) in [7, 11) is 1.91. The average molecular weight is 201 g/mol. The van der Waals surface area contributed by atoms with Crippen LogP contribution in [0.15, 0.2) is 0 Å². The van der Waals surface area contributed by atoms with Crippen LogP contribution in [0.2, 0.25) is 0 Å². The van der Waals surface area contributed by atoms with Crippen molar-refractivity contribution in [3.05, 3.63) is 0 Å². The molecule has 1 heterocycles. The molecule has 82 valence electrons. The Balaban J connectivity index is 2.30. The molecule has 14 heavy (non-hydrogen) atoms. The highest BCUT2D eigenvalue weighted by atomic mass is 16.5. The summed E-state index contributed by atoms with van der Waals surface area (Å²) in [4.78, 5) is 13.4. The Bertz CT molecular complexity index is 194. The average Bonchev–Trinajstić information content (AvgIpc) is 2.07. The van der Waals surface area contributed by atoms with Crippen LogP contribution in [0.5, 0.6) is 0 Å². The summed E-state index contributed by atoms with van der Waals surface area (Å²) in [6.45, 7) is 4.13. The van der Waals surface area contributed by atoms with E-state index in [-0.39, 0.29) is 17.8 Å². The number of hydrogen-bond acceptors (Lipinski definition) is 4. The largest absolute Gasteiger partial charge is 0.392 e. The van der Waals surface area contributed by atoms with Crippen LogP contribution in [0.25, 0.3) is 0 Å². The molecule has 0 aliphatic carbocycles. The van der Waals surface area contributed by atoms with Gasteiger partial charge in [-0.25, -0.2) is 0 Å². The molecule has 0 saturated carbocycles.